The molecule has 0 radical (unpaired) electrons. The minimum atomic E-state index is -0.402. The van der Waals surface area contributed by atoms with Crippen molar-refractivity contribution in [3.63, 3.8) is 0 Å². The van der Waals surface area contributed by atoms with Crippen LogP contribution in [0.4, 0.5) is 10.5 Å². The Labute approximate surface area is 211 Å². The van der Waals surface area contributed by atoms with Gasteiger partial charge in [0, 0.05) is 16.8 Å². The highest BCUT2D eigenvalue weighted by atomic mass is 16.3. The molecule has 2 atom stereocenters. The smallest absolute Gasteiger partial charge is 0.319 e. The number of aliphatic hydroxyl groups excluding tert-OH is 1. The summed E-state index contributed by atoms with van der Waals surface area (Å²) >= 11 is 0. The quantitative estimate of drug-likeness (QED) is 0.263. The minimum absolute atomic E-state index is 0.0535. The predicted molar refractivity (Wildman–Crippen MR) is 146 cm³/mol. The van der Waals surface area contributed by atoms with Crippen LogP contribution < -0.4 is 10.6 Å². The van der Waals surface area contributed by atoms with Gasteiger partial charge in [-0.25, -0.2) is 4.79 Å². The number of ketones is 1. The maximum absolute atomic E-state index is 11.6. The summed E-state index contributed by atoms with van der Waals surface area (Å²) in [4.78, 5) is 22.9. The molecule has 0 saturated heterocycles. The molecule has 0 spiro atoms. The maximum Gasteiger partial charge on any atom is 0.319 e. The number of anilines is 1. The van der Waals surface area contributed by atoms with Crippen molar-refractivity contribution in [3.05, 3.63) is 64.7 Å². The van der Waals surface area contributed by atoms with Crippen LogP contribution in [-0.2, 0) is 0 Å². The first-order valence-corrected chi connectivity index (χ1v) is 12.5. The molecule has 190 valence electrons. The summed E-state index contributed by atoms with van der Waals surface area (Å²) in [5.74, 6) is 4.12. The molecule has 2 unspecified atom stereocenters. The topological polar surface area (TPSA) is 78.4 Å². The molecule has 2 aromatic rings. The third-order valence-electron chi connectivity index (χ3n) is 5.82. The van der Waals surface area contributed by atoms with Crippen LogP contribution >= 0.6 is 0 Å². The fourth-order valence-electron chi connectivity index (χ4n) is 3.62. The molecule has 0 aromatic heterocycles. The Kier molecular flexibility index (Phi) is 13.5. The minimum Gasteiger partial charge on any atom is -0.394 e. The molecule has 0 heterocycles. The Morgan fingerprint density at radius 2 is 1.69 bits per heavy atom. The first-order chi connectivity index (χ1) is 16.6. The van der Waals surface area contributed by atoms with Gasteiger partial charge in [-0.15, -0.1) is 6.42 Å². The predicted octanol–water partition coefficient (Wildman–Crippen LogP) is 6.69. The van der Waals surface area contributed by atoms with Gasteiger partial charge in [0.05, 0.1) is 12.6 Å². The molecule has 2 amide bonds. The number of carbonyl (C=O) groups excluding carboxylic acids is 2. The summed E-state index contributed by atoms with van der Waals surface area (Å²) in [6.45, 7) is 11.7. The van der Waals surface area contributed by atoms with Crippen LogP contribution in [-0.4, -0.2) is 29.6 Å². The number of hydrogen-bond donors (Lipinski definition) is 3. The highest BCUT2D eigenvalue weighted by Gasteiger charge is 2.11. The fourth-order valence-corrected chi connectivity index (χ4v) is 3.62. The van der Waals surface area contributed by atoms with Crippen molar-refractivity contribution in [1.82, 2.24) is 5.32 Å². The highest BCUT2D eigenvalue weighted by molar-refractivity contribution is 5.97. The van der Waals surface area contributed by atoms with Gasteiger partial charge in [-0.3, -0.25) is 4.79 Å². The standard InChI is InChI=1S/C17H24.C13H18N2O3/c1-5-7-16(11-8-14(3)4)17-12-9-15(6-2)10-13-17;1-8-4-5-11(10(3)17)6-12(8)15-13(18)14-9(2)7-16/h2,9-10,12-14,16H,5,7-8,11H2,1,3-4H3;4-6,9,16H,7H2,1-3H3,(H2,14,15,18). The Bertz CT molecular complexity index is 974. The molecule has 2 aromatic carbocycles. The van der Waals surface area contributed by atoms with Gasteiger partial charge in [0.2, 0.25) is 0 Å². The van der Waals surface area contributed by atoms with E-state index in [0.717, 1.165) is 17.0 Å². The van der Waals surface area contributed by atoms with Crippen LogP contribution in [0.5, 0.6) is 0 Å². The summed E-state index contributed by atoms with van der Waals surface area (Å²) in [6, 6.07) is 13.0. The zero-order valence-electron chi connectivity index (χ0n) is 22.2. The second-order valence-corrected chi connectivity index (χ2v) is 9.49. The number of rotatable bonds is 10. The van der Waals surface area contributed by atoms with Gasteiger partial charge >= 0.3 is 6.03 Å². The molecule has 0 aliphatic carbocycles. The van der Waals surface area contributed by atoms with Crippen molar-refractivity contribution in [2.75, 3.05) is 11.9 Å². The van der Waals surface area contributed by atoms with Crippen molar-refractivity contribution in [1.29, 1.82) is 0 Å². The van der Waals surface area contributed by atoms with E-state index in [1.807, 2.05) is 6.92 Å². The lowest BCUT2D eigenvalue weighted by atomic mass is 9.88. The van der Waals surface area contributed by atoms with Gasteiger partial charge in [-0.2, -0.15) is 0 Å². The van der Waals surface area contributed by atoms with Gasteiger partial charge in [0.1, 0.15) is 0 Å². The summed E-state index contributed by atoms with van der Waals surface area (Å²) in [5.41, 5.74) is 4.43. The van der Waals surface area contributed by atoms with Crippen LogP contribution in [0.2, 0.25) is 0 Å². The van der Waals surface area contributed by atoms with Gasteiger partial charge in [0.25, 0.3) is 0 Å². The largest absolute Gasteiger partial charge is 0.394 e. The third kappa shape index (κ3) is 11.2. The van der Waals surface area contributed by atoms with E-state index in [4.69, 9.17) is 11.5 Å². The number of carbonyl (C=O) groups is 2. The number of urea groups is 1. The molecule has 35 heavy (non-hydrogen) atoms. The number of Topliss-reactive ketones (excluding diaryl/α,β-unsaturated/α-hetero) is 1. The fraction of sp³-hybridized carbons (Fsp3) is 0.467. The van der Waals surface area contributed by atoms with E-state index in [1.54, 1.807) is 25.1 Å². The first-order valence-electron chi connectivity index (χ1n) is 12.5. The van der Waals surface area contributed by atoms with Crippen LogP contribution in [0.15, 0.2) is 42.5 Å². The van der Waals surface area contributed by atoms with E-state index in [2.05, 4.69) is 61.6 Å². The highest BCUT2D eigenvalue weighted by Crippen LogP contribution is 2.28. The van der Waals surface area contributed by atoms with E-state index in [-0.39, 0.29) is 18.4 Å². The molecule has 0 aliphatic rings. The van der Waals surface area contributed by atoms with Crippen molar-refractivity contribution in [2.45, 2.75) is 79.2 Å². The zero-order valence-corrected chi connectivity index (χ0v) is 22.2. The number of aryl methyl sites for hydroxylation is 1. The van der Waals surface area contributed by atoms with Gasteiger partial charge in [-0.05, 0) is 74.8 Å². The van der Waals surface area contributed by atoms with Crippen molar-refractivity contribution >= 4 is 17.5 Å². The van der Waals surface area contributed by atoms with E-state index in [1.165, 1.54) is 38.2 Å². The molecular weight excluding hydrogens is 436 g/mol. The van der Waals surface area contributed by atoms with E-state index < -0.39 is 6.03 Å². The van der Waals surface area contributed by atoms with Crippen molar-refractivity contribution < 1.29 is 14.7 Å². The summed E-state index contributed by atoms with van der Waals surface area (Å²) < 4.78 is 0. The summed E-state index contributed by atoms with van der Waals surface area (Å²) in [5, 5.41) is 14.1. The number of terminal acetylenes is 1. The van der Waals surface area contributed by atoms with E-state index in [9.17, 15) is 9.59 Å². The van der Waals surface area contributed by atoms with Crippen LogP contribution in [0, 0.1) is 25.2 Å². The lowest BCUT2D eigenvalue weighted by molar-refractivity contribution is 0.101. The zero-order chi connectivity index (χ0) is 26.4. The molecule has 0 saturated carbocycles. The molecule has 0 fully saturated rings. The van der Waals surface area contributed by atoms with Crippen LogP contribution in [0.1, 0.15) is 93.3 Å². The average molecular weight is 479 g/mol. The van der Waals surface area contributed by atoms with E-state index >= 15 is 0 Å². The Hall–Kier alpha value is -3.10. The maximum atomic E-state index is 11.6. The Morgan fingerprint density at radius 3 is 2.20 bits per heavy atom. The molecule has 3 N–H and O–H groups in total. The molecule has 0 bridgehead atoms. The Morgan fingerprint density at radius 1 is 1.03 bits per heavy atom. The lowest BCUT2D eigenvalue weighted by Crippen LogP contribution is -2.38. The average Bonchev–Trinajstić information content (AvgIpc) is 2.83. The molecule has 5 heteroatoms. The number of aliphatic hydroxyl groups is 1. The second-order valence-electron chi connectivity index (χ2n) is 9.49. The molecule has 5 nitrogen and oxygen atoms in total. The SMILES string of the molecule is C#Cc1ccc(C(CCC)CCC(C)C)cc1.CC(=O)c1ccc(C)c(NC(=O)NC(C)CO)c1. The summed E-state index contributed by atoms with van der Waals surface area (Å²) in [6.07, 6.45) is 10.5. The molecule has 0 aliphatic heterocycles. The number of amides is 2. The van der Waals surface area contributed by atoms with Crippen molar-refractivity contribution in [2.24, 2.45) is 5.92 Å². The van der Waals surface area contributed by atoms with Gasteiger partial charge in [-0.1, -0.05) is 63.8 Å². The second kappa shape index (κ2) is 15.7. The molecule has 2 rings (SSSR count). The van der Waals surface area contributed by atoms with Gasteiger partial charge in [0.15, 0.2) is 5.78 Å². The number of hydrogen-bond acceptors (Lipinski definition) is 3. The first kappa shape index (κ1) is 29.9. The normalized spacial score (nSPS) is 12.1. The monoisotopic (exact) mass is 478 g/mol. The van der Waals surface area contributed by atoms with Crippen LogP contribution in [0.25, 0.3) is 0 Å². The molecular formula is C30H42N2O3. The van der Waals surface area contributed by atoms with E-state index in [0.29, 0.717) is 17.2 Å². The van der Waals surface area contributed by atoms with Crippen molar-refractivity contribution in [3.8, 4) is 12.3 Å². The Balaban J connectivity index is 0.000000351. The lowest BCUT2D eigenvalue weighted by Gasteiger charge is -2.18. The summed E-state index contributed by atoms with van der Waals surface area (Å²) in [7, 11) is 0. The number of benzene rings is 2. The van der Waals surface area contributed by atoms with Gasteiger partial charge < -0.3 is 15.7 Å². The van der Waals surface area contributed by atoms with Crippen LogP contribution in [0.3, 0.4) is 0 Å². The third-order valence-corrected chi connectivity index (χ3v) is 5.82. The number of nitrogens with one attached hydrogen (secondary N) is 2.